The standard InChI is InChI=1S/C20H18ClN3O3/c21-16-6-8-17(9-7-16)22-18(25)14-24-13-12-23(19(26)20(24)27)11-10-15-4-2-1-3-5-15/h1-9,12-13H,10-11,14H2,(H,22,25). The maximum Gasteiger partial charge on any atom is 0.316 e. The van der Waals surface area contributed by atoms with E-state index >= 15 is 0 Å². The lowest BCUT2D eigenvalue weighted by Crippen LogP contribution is -2.42. The molecule has 6 nitrogen and oxygen atoms in total. The molecule has 0 aliphatic rings. The van der Waals surface area contributed by atoms with E-state index in [1.54, 1.807) is 24.3 Å². The summed E-state index contributed by atoms with van der Waals surface area (Å²) in [6.07, 6.45) is 3.62. The van der Waals surface area contributed by atoms with Gasteiger partial charge in [0.05, 0.1) is 0 Å². The molecular weight excluding hydrogens is 366 g/mol. The summed E-state index contributed by atoms with van der Waals surface area (Å²) in [4.78, 5) is 36.7. The maximum absolute atomic E-state index is 12.3. The van der Waals surface area contributed by atoms with Crippen molar-refractivity contribution in [2.75, 3.05) is 5.32 Å². The molecule has 0 aliphatic carbocycles. The van der Waals surface area contributed by atoms with Crippen LogP contribution in [0.2, 0.25) is 5.02 Å². The average molecular weight is 384 g/mol. The van der Waals surface area contributed by atoms with Gasteiger partial charge in [-0.2, -0.15) is 0 Å². The first kappa shape index (κ1) is 18.7. The minimum Gasteiger partial charge on any atom is -0.325 e. The molecule has 0 aliphatic heterocycles. The third kappa shape index (κ3) is 4.95. The number of nitrogens with zero attached hydrogens (tertiary/aromatic N) is 2. The van der Waals surface area contributed by atoms with Gasteiger partial charge in [0.15, 0.2) is 0 Å². The van der Waals surface area contributed by atoms with Crippen LogP contribution in [0.25, 0.3) is 0 Å². The number of halogens is 1. The first-order chi connectivity index (χ1) is 13.0. The normalized spacial score (nSPS) is 10.6. The second-order valence-corrected chi connectivity index (χ2v) is 6.46. The topological polar surface area (TPSA) is 73.1 Å². The summed E-state index contributed by atoms with van der Waals surface area (Å²) < 4.78 is 2.47. The van der Waals surface area contributed by atoms with Crippen LogP contribution >= 0.6 is 11.6 Å². The molecule has 3 aromatic rings. The number of aryl methyl sites for hydroxylation is 2. The Balaban J connectivity index is 1.67. The Labute approximate surface area is 160 Å². The van der Waals surface area contributed by atoms with Crippen molar-refractivity contribution in [3.63, 3.8) is 0 Å². The zero-order chi connectivity index (χ0) is 19.2. The lowest BCUT2D eigenvalue weighted by Gasteiger charge is -2.10. The van der Waals surface area contributed by atoms with E-state index in [1.807, 2.05) is 30.3 Å². The first-order valence-corrected chi connectivity index (χ1v) is 8.80. The van der Waals surface area contributed by atoms with Crippen molar-refractivity contribution in [2.24, 2.45) is 0 Å². The van der Waals surface area contributed by atoms with E-state index in [2.05, 4.69) is 5.32 Å². The van der Waals surface area contributed by atoms with Crippen molar-refractivity contribution in [1.82, 2.24) is 9.13 Å². The molecule has 1 aromatic heterocycles. The van der Waals surface area contributed by atoms with E-state index in [0.29, 0.717) is 23.7 Å². The van der Waals surface area contributed by atoms with Crippen molar-refractivity contribution in [3.05, 3.63) is 98.3 Å². The van der Waals surface area contributed by atoms with Crippen molar-refractivity contribution < 1.29 is 4.79 Å². The lowest BCUT2D eigenvalue weighted by atomic mass is 10.1. The smallest absolute Gasteiger partial charge is 0.316 e. The molecule has 1 N–H and O–H groups in total. The van der Waals surface area contributed by atoms with Crippen LogP contribution in [-0.4, -0.2) is 15.0 Å². The molecule has 27 heavy (non-hydrogen) atoms. The number of hydrogen-bond acceptors (Lipinski definition) is 3. The van der Waals surface area contributed by atoms with Crippen LogP contribution in [0.15, 0.2) is 76.6 Å². The largest absolute Gasteiger partial charge is 0.325 e. The Bertz CT molecular complexity index is 1040. The number of carbonyl (C=O) groups excluding carboxylic acids is 1. The zero-order valence-corrected chi connectivity index (χ0v) is 15.2. The summed E-state index contributed by atoms with van der Waals surface area (Å²) in [5.41, 5.74) is 0.272. The van der Waals surface area contributed by atoms with Crippen LogP contribution in [0.3, 0.4) is 0 Å². The molecule has 0 radical (unpaired) electrons. The molecule has 0 spiro atoms. The van der Waals surface area contributed by atoms with Crippen LogP contribution in [0.4, 0.5) is 5.69 Å². The minimum atomic E-state index is -0.725. The molecule has 7 heteroatoms. The van der Waals surface area contributed by atoms with E-state index in [9.17, 15) is 14.4 Å². The van der Waals surface area contributed by atoms with Crippen LogP contribution in [0.1, 0.15) is 5.56 Å². The molecule has 0 bridgehead atoms. The number of anilines is 1. The molecule has 1 heterocycles. The average Bonchev–Trinajstić information content (AvgIpc) is 2.67. The summed E-state index contributed by atoms with van der Waals surface area (Å²) in [6, 6.07) is 16.3. The Kier molecular flexibility index (Phi) is 5.88. The number of carbonyl (C=O) groups is 1. The molecule has 0 unspecified atom stereocenters. The van der Waals surface area contributed by atoms with E-state index < -0.39 is 17.0 Å². The van der Waals surface area contributed by atoms with Gasteiger partial charge < -0.3 is 9.88 Å². The quantitative estimate of drug-likeness (QED) is 0.665. The summed E-state index contributed by atoms with van der Waals surface area (Å²) in [6.45, 7) is 0.159. The van der Waals surface area contributed by atoms with Crippen LogP contribution in [0, 0.1) is 0 Å². The highest BCUT2D eigenvalue weighted by Crippen LogP contribution is 2.13. The highest BCUT2D eigenvalue weighted by molar-refractivity contribution is 6.30. The summed E-state index contributed by atoms with van der Waals surface area (Å²) in [7, 11) is 0. The molecule has 1 amide bonds. The van der Waals surface area contributed by atoms with Gasteiger partial charge in [0.2, 0.25) is 5.91 Å². The van der Waals surface area contributed by atoms with Gasteiger partial charge in [0.25, 0.3) is 0 Å². The van der Waals surface area contributed by atoms with E-state index in [-0.39, 0.29) is 6.54 Å². The molecule has 0 atom stereocenters. The fraction of sp³-hybridized carbons (Fsp3) is 0.150. The Morgan fingerprint density at radius 1 is 0.889 bits per heavy atom. The van der Waals surface area contributed by atoms with Gasteiger partial charge in [0, 0.05) is 29.6 Å². The van der Waals surface area contributed by atoms with E-state index in [0.717, 1.165) is 10.1 Å². The van der Waals surface area contributed by atoms with Gasteiger partial charge in [0.1, 0.15) is 6.54 Å². The molecule has 0 fully saturated rings. The predicted molar refractivity (Wildman–Crippen MR) is 105 cm³/mol. The van der Waals surface area contributed by atoms with Crippen LogP contribution in [-0.2, 0) is 24.3 Å². The molecule has 2 aromatic carbocycles. The second-order valence-electron chi connectivity index (χ2n) is 6.02. The number of rotatable bonds is 6. The van der Waals surface area contributed by atoms with Gasteiger partial charge in [-0.1, -0.05) is 41.9 Å². The zero-order valence-electron chi connectivity index (χ0n) is 14.5. The maximum atomic E-state index is 12.3. The highest BCUT2D eigenvalue weighted by atomic mass is 35.5. The third-order valence-corrected chi connectivity index (χ3v) is 4.31. The number of benzene rings is 2. The molecule has 3 rings (SSSR count). The van der Waals surface area contributed by atoms with Gasteiger partial charge >= 0.3 is 11.1 Å². The summed E-state index contributed by atoms with van der Waals surface area (Å²) in [5, 5.41) is 3.22. The van der Waals surface area contributed by atoms with Gasteiger partial charge in [-0.05, 0) is 36.2 Å². The summed E-state index contributed by atoms with van der Waals surface area (Å²) >= 11 is 5.80. The van der Waals surface area contributed by atoms with Crippen molar-refractivity contribution in [2.45, 2.75) is 19.5 Å². The minimum absolute atomic E-state index is 0.240. The predicted octanol–water partition coefficient (Wildman–Crippen LogP) is 2.54. The van der Waals surface area contributed by atoms with E-state index in [1.165, 1.54) is 17.0 Å². The Hall–Kier alpha value is -3.12. The highest BCUT2D eigenvalue weighted by Gasteiger charge is 2.09. The SMILES string of the molecule is O=C(Cn1ccn(CCc2ccccc2)c(=O)c1=O)Nc1ccc(Cl)cc1. The van der Waals surface area contributed by atoms with Crippen molar-refractivity contribution in [1.29, 1.82) is 0 Å². The lowest BCUT2D eigenvalue weighted by molar-refractivity contribution is -0.116. The van der Waals surface area contributed by atoms with Crippen LogP contribution < -0.4 is 16.4 Å². The number of amides is 1. The van der Waals surface area contributed by atoms with E-state index in [4.69, 9.17) is 11.6 Å². The number of nitrogens with one attached hydrogen (secondary N) is 1. The number of aromatic nitrogens is 2. The van der Waals surface area contributed by atoms with Crippen LogP contribution in [0.5, 0.6) is 0 Å². The Morgan fingerprint density at radius 3 is 2.22 bits per heavy atom. The molecule has 0 saturated carbocycles. The van der Waals surface area contributed by atoms with Gasteiger partial charge in [-0.15, -0.1) is 0 Å². The first-order valence-electron chi connectivity index (χ1n) is 8.42. The monoisotopic (exact) mass is 383 g/mol. The summed E-state index contributed by atoms with van der Waals surface area (Å²) in [5.74, 6) is -0.402. The van der Waals surface area contributed by atoms with Crippen molar-refractivity contribution in [3.8, 4) is 0 Å². The Morgan fingerprint density at radius 2 is 1.52 bits per heavy atom. The molecule has 138 valence electrons. The second kappa shape index (κ2) is 8.51. The van der Waals surface area contributed by atoms with Gasteiger partial charge in [-0.3, -0.25) is 19.0 Å². The number of hydrogen-bond donors (Lipinski definition) is 1. The third-order valence-electron chi connectivity index (χ3n) is 4.06. The molecular formula is C20H18ClN3O3. The fourth-order valence-electron chi connectivity index (χ4n) is 2.63. The fourth-order valence-corrected chi connectivity index (χ4v) is 2.75. The van der Waals surface area contributed by atoms with Gasteiger partial charge in [-0.25, -0.2) is 0 Å². The van der Waals surface area contributed by atoms with Crippen molar-refractivity contribution >= 4 is 23.2 Å². The molecule has 0 saturated heterocycles.